The number of rotatable bonds is 7. The maximum Gasteiger partial charge on any atom is 0.254 e. The minimum absolute atomic E-state index is 0.0373. The van der Waals surface area contributed by atoms with E-state index in [2.05, 4.69) is 4.72 Å². The molecule has 1 aromatic rings. The zero-order chi connectivity index (χ0) is 18.1. The second-order valence-corrected chi connectivity index (χ2v) is 8.83. The van der Waals surface area contributed by atoms with Gasteiger partial charge in [-0.2, -0.15) is 0 Å². The van der Waals surface area contributed by atoms with Crippen LogP contribution in [-0.2, 0) is 10.0 Å². The Balaban J connectivity index is 1.78. The number of hydrogen-bond donors (Lipinski definition) is 2. The van der Waals surface area contributed by atoms with Gasteiger partial charge in [0.1, 0.15) is 0 Å². The monoisotopic (exact) mass is 366 g/mol. The van der Waals surface area contributed by atoms with Crippen molar-refractivity contribution in [1.82, 2.24) is 9.62 Å². The molecule has 1 amide bonds. The number of sulfonamides is 1. The zero-order valence-corrected chi connectivity index (χ0v) is 15.4. The van der Waals surface area contributed by atoms with Crippen LogP contribution in [0.25, 0.3) is 0 Å². The first kappa shape index (κ1) is 18.4. The Morgan fingerprint density at radius 3 is 2.56 bits per heavy atom. The number of nitrogens with one attached hydrogen (secondary N) is 1. The minimum Gasteiger partial charge on any atom is -0.394 e. The van der Waals surface area contributed by atoms with E-state index in [9.17, 15) is 18.3 Å². The highest BCUT2D eigenvalue weighted by atomic mass is 32.2. The quantitative estimate of drug-likeness (QED) is 0.772. The Morgan fingerprint density at radius 1 is 1.32 bits per heavy atom. The Morgan fingerprint density at radius 2 is 2.00 bits per heavy atom. The molecule has 1 heterocycles. The van der Waals surface area contributed by atoms with Gasteiger partial charge in [0.05, 0.1) is 17.0 Å². The first-order valence-corrected chi connectivity index (χ1v) is 10.5. The summed E-state index contributed by atoms with van der Waals surface area (Å²) in [4.78, 5) is 14.8. The molecule has 0 unspecified atom stereocenters. The fourth-order valence-electron chi connectivity index (χ4n) is 3.65. The molecule has 1 aliphatic heterocycles. The molecule has 7 heteroatoms. The highest BCUT2D eigenvalue weighted by Crippen LogP contribution is 2.34. The number of likely N-dealkylation sites (tertiary alicyclic amines) is 1. The highest BCUT2D eigenvalue weighted by molar-refractivity contribution is 7.89. The molecule has 3 rings (SSSR count). The molecule has 1 saturated heterocycles. The van der Waals surface area contributed by atoms with Gasteiger partial charge in [0.2, 0.25) is 10.0 Å². The molecule has 1 saturated carbocycles. The molecule has 0 bridgehead atoms. The standard InChI is InChI=1S/C18H26N2O4S/c1-2-10-18(13-21)11-3-12-20(18)17(22)14-4-8-16(9-5-14)25(23,24)19-15-6-7-15/h4-5,8-9,15,19,21H,2-3,6-7,10-13H2,1H3/t18-/m1/s1. The maximum absolute atomic E-state index is 12.9. The van der Waals surface area contributed by atoms with Crippen LogP contribution < -0.4 is 4.72 Å². The van der Waals surface area contributed by atoms with Gasteiger partial charge in [0, 0.05) is 18.2 Å². The van der Waals surface area contributed by atoms with E-state index in [4.69, 9.17) is 0 Å². The summed E-state index contributed by atoms with van der Waals surface area (Å²) >= 11 is 0. The Labute approximate surface area is 149 Å². The number of hydrogen-bond acceptors (Lipinski definition) is 4. The molecule has 0 aromatic heterocycles. The lowest BCUT2D eigenvalue weighted by molar-refractivity contribution is 0.0377. The van der Waals surface area contributed by atoms with Gasteiger partial charge in [-0.05, 0) is 56.4 Å². The van der Waals surface area contributed by atoms with E-state index in [1.54, 1.807) is 17.0 Å². The SMILES string of the molecule is CCC[C@]1(CO)CCCN1C(=O)c1ccc(S(=O)(=O)NC2CC2)cc1. The van der Waals surface area contributed by atoms with Crippen molar-refractivity contribution >= 4 is 15.9 Å². The maximum atomic E-state index is 12.9. The van der Waals surface area contributed by atoms with Crippen molar-refractivity contribution in [1.29, 1.82) is 0 Å². The van der Waals surface area contributed by atoms with Crippen LogP contribution in [0, 0.1) is 0 Å². The van der Waals surface area contributed by atoms with E-state index in [0.29, 0.717) is 12.1 Å². The lowest BCUT2D eigenvalue weighted by Gasteiger charge is -2.37. The van der Waals surface area contributed by atoms with Crippen LogP contribution in [0.15, 0.2) is 29.2 Å². The van der Waals surface area contributed by atoms with Crippen LogP contribution in [0.2, 0.25) is 0 Å². The summed E-state index contributed by atoms with van der Waals surface area (Å²) in [5.41, 5.74) is -0.0226. The molecule has 138 valence electrons. The van der Waals surface area contributed by atoms with Crippen molar-refractivity contribution < 1.29 is 18.3 Å². The summed E-state index contributed by atoms with van der Waals surface area (Å²) < 4.78 is 27.1. The number of nitrogens with zero attached hydrogens (tertiary/aromatic N) is 1. The van der Waals surface area contributed by atoms with Gasteiger partial charge in [-0.3, -0.25) is 4.79 Å². The molecule has 25 heavy (non-hydrogen) atoms. The summed E-state index contributed by atoms with van der Waals surface area (Å²) in [5, 5.41) is 9.87. The summed E-state index contributed by atoms with van der Waals surface area (Å²) in [5.74, 6) is -0.140. The summed E-state index contributed by atoms with van der Waals surface area (Å²) in [7, 11) is -3.51. The number of amides is 1. The van der Waals surface area contributed by atoms with Gasteiger partial charge >= 0.3 is 0 Å². The van der Waals surface area contributed by atoms with E-state index < -0.39 is 15.6 Å². The predicted octanol–water partition coefficient (Wildman–Crippen LogP) is 1.89. The van der Waals surface area contributed by atoms with Crippen LogP contribution in [0.4, 0.5) is 0 Å². The molecular formula is C18H26N2O4S. The Bertz CT molecular complexity index is 728. The largest absolute Gasteiger partial charge is 0.394 e. The van der Waals surface area contributed by atoms with Gasteiger partial charge in [-0.25, -0.2) is 13.1 Å². The number of aliphatic hydroxyl groups is 1. The second-order valence-electron chi connectivity index (χ2n) is 7.11. The smallest absolute Gasteiger partial charge is 0.254 e. The summed E-state index contributed by atoms with van der Waals surface area (Å²) in [6, 6.07) is 6.14. The van der Waals surface area contributed by atoms with Gasteiger partial charge in [-0.15, -0.1) is 0 Å². The van der Waals surface area contributed by atoms with Crippen molar-refractivity contribution in [3.63, 3.8) is 0 Å². The molecule has 0 radical (unpaired) electrons. The van der Waals surface area contributed by atoms with Crippen LogP contribution in [0.1, 0.15) is 55.8 Å². The third kappa shape index (κ3) is 3.73. The third-order valence-electron chi connectivity index (χ3n) is 5.16. The first-order valence-electron chi connectivity index (χ1n) is 8.97. The number of benzene rings is 1. The lowest BCUT2D eigenvalue weighted by atomic mass is 9.91. The molecular weight excluding hydrogens is 340 g/mol. The Kier molecular flexibility index (Phi) is 5.18. The Hall–Kier alpha value is -1.44. The number of carbonyl (C=O) groups excluding carboxylic acids is 1. The van der Waals surface area contributed by atoms with Crippen molar-refractivity contribution in [2.45, 2.75) is 61.9 Å². The second kappa shape index (κ2) is 7.05. The minimum atomic E-state index is -3.51. The third-order valence-corrected chi connectivity index (χ3v) is 6.70. The van der Waals surface area contributed by atoms with E-state index in [1.165, 1.54) is 12.1 Å². The van der Waals surface area contributed by atoms with E-state index in [1.807, 2.05) is 6.92 Å². The lowest BCUT2D eigenvalue weighted by Crippen LogP contribution is -2.50. The fourth-order valence-corrected chi connectivity index (χ4v) is 4.95. The predicted molar refractivity (Wildman–Crippen MR) is 94.8 cm³/mol. The van der Waals surface area contributed by atoms with E-state index in [-0.39, 0.29) is 23.5 Å². The van der Waals surface area contributed by atoms with Crippen molar-refractivity contribution in [2.75, 3.05) is 13.2 Å². The van der Waals surface area contributed by atoms with E-state index >= 15 is 0 Å². The van der Waals surface area contributed by atoms with Crippen molar-refractivity contribution in [3.05, 3.63) is 29.8 Å². The van der Waals surface area contributed by atoms with Gasteiger partial charge in [0.25, 0.3) is 5.91 Å². The molecule has 1 aromatic carbocycles. The van der Waals surface area contributed by atoms with Crippen molar-refractivity contribution in [2.24, 2.45) is 0 Å². The first-order chi connectivity index (χ1) is 11.9. The molecule has 1 aliphatic carbocycles. The average molecular weight is 366 g/mol. The summed E-state index contributed by atoms with van der Waals surface area (Å²) in [6.07, 6.45) is 5.11. The molecule has 2 N–H and O–H groups in total. The van der Waals surface area contributed by atoms with Crippen LogP contribution in [0.3, 0.4) is 0 Å². The van der Waals surface area contributed by atoms with Gasteiger partial charge < -0.3 is 10.0 Å². The number of aliphatic hydroxyl groups excluding tert-OH is 1. The summed E-state index contributed by atoms with van der Waals surface area (Å²) in [6.45, 7) is 2.64. The van der Waals surface area contributed by atoms with E-state index in [0.717, 1.165) is 38.5 Å². The normalized spacial score (nSPS) is 23.8. The topological polar surface area (TPSA) is 86.7 Å². The van der Waals surface area contributed by atoms with Crippen LogP contribution in [-0.4, -0.2) is 49.1 Å². The van der Waals surface area contributed by atoms with Gasteiger partial charge in [0.15, 0.2) is 0 Å². The highest BCUT2D eigenvalue weighted by Gasteiger charge is 2.42. The number of carbonyl (C=O) groups is 1. The molecule has 1 atom stereocenters. The molecule has 2 fully saturated rings. The van der Waals surface area contributed by atoms with Crippen molar-refractivity contribution in [3.8, 4) is 0 Å². The zero-order valence-electron chi connectivity index (χ0n) is 14.6. The molecule has 0 spiro atoms. The fraction of sp³-hybridized carbons (Fsp3) is 0.611. The van der Waals surface area contributed by atoms with Gasteiger partial charge in [-0.1, -0.05) is 13.3 Å². The van der Waals surface area contributed by atoms with Crippen LogP contribution >= 0.6 is 0 Å². The average Bonchev–Trinajstić information content (AvgIpc) is 3.31. The van der Waals surface area contributed by atoms with Crippen LogP contribution in [0.5, 0.6) is 0 Å². The molecule has 6 nitrogen and oxygen atoms in total. The molecule has 2 aliphatic rings.